The highest BCUT2D eigenvalue weighted by molar-refractivity contribution is 5.70. The molecule has 178 valence electrons. The van der Waals surface area contributed by atoms with Crippen LogP contribution in [0.5, 0.6) is 0 Å². The van der Waals surface area contributed by atoms with Crippen LogP contribution in [0.25, 0.3) is 0 Å². The minimum Gasteiger partial charge on any atom is -0.481 e. The molecule has 0 radical (unpaired) electrons. The van der Waals surface area contributed by atoms with Gasteiger partial charge in [0.1, 0.15) is 12.1 Å². The van der Waals surface area contributed by atoms with Gasteiger partial charge in [-0.1, -0.05) is 39.0 Å². The third-order valence-corrected chi connectivity index (χ3v) is 7.61. The summed E-state index contributed by atoms with van der Waals surface area (Å²) < 4.78 is 0. The van der Waals surface area contributed by atoms with Gasteiger partial charge in [-0.25, -0.2) is 9.97 Å². The molecule has 2 unspecified atom stereocenters. The molecule has 1 aromatic heterocycles. The number of piperidine rings is 2. The van der Waals surface area contributed by atoms with Crippen molar-refractivity contribution >= 4 is 11.8 Å². The number of aryl methyl sites for hydroxylation is 2. The Morgan fingerprint density at radius 3 is 2.39 bits per heavy atom. The van der Waals surface area contributed by atoms with Crippen molar-refractivity contribution in [2.45, 2.75) is 71.9 Å². The Labute approximate surface area is 198 Å². The maximum atomic E-state index is 11.3. The number of likely N-dealkylation sites (tertiary alicyclic amines) is 1. The van der Waals surface area contributed by atoms with Crippen molar-refractivity contribution in [2.75, 3.05) is 24.5 Å². The zero-order valence-electron chi connectivity index (χ0n) is 20.3. The second-order valence-electron chi connectivity index (χ2n) is 9.80. The highest BCUT2D eigenvalue weighted by Crippen LogP contribution is 2.41. The Kier molecular flexibility index (Phi) is 7.63. The van der Waals surface area contributed by atoms with E-state index in [1.165, 1.54) is 23.1 Å². The van der Waals surface area contributed by atoms with Crippen molar-refractivity contribution in [1.29, 1.82) is 0 Å². The molecule has 6 heteroatoms. The summed E-state index contributed by atoms with van der Waals surface area (Å²) in [5.41, 5.74) is 5.55. The zero-order chi connectivity index (χ0) is 23.4. The first-order valence-corrected chi connectivity index (χ1v) is 12.6. The van der Waals surface area contributed by atoms with Gasteiger partial charge in [0.05, 0.1) is 12.0 Å². The number of aromatic nitrogens is 2. The number of carboxylic acid groups (broad SMARTS) is 1. The van der Waals surface area contributed by atoms with Gasteiger partial charge in [-0.05, 0) is 74.2 Å². The first kappa shape index (κ1) is 23.7. The van der Waals surface area contributed by atoms with Crippen LogP contribution < -0.4 is 4.90 Å². The standard InChI is InChI=1S/C27H38N4O2/c1-4-20-7-6-8-21(5-2)25(20)24-15-19(3)9-14-31(24)26-23(16-28-18-29-26)17-30-12-10-22(11-13-30)27(32)33/h6-8,16,18-19,22,24H,4-5,9-15,17H2,1-3H3,(H,32,33). The summed E-state index contributed by atoms with van der Waals surface area (Å²) in [7, 11) is 0. The molecule has 1 aromatic carbocycles. The third kappa shape index (κ3) is 5.21. The Bertz CT molecular complexity index is 933. The maximum Gasteiger partial charge on any atom is 0.306 e. The Balaban J connectivity index is 1.64. The van der Waals surface area contributed by atoms with Crippen molar-refractivity contribution in [3.63, 3.8) is 0 Å². The first-order chi connectivity index (χ1) is 16.0. The van der Waals surface area contributed by atoms with Gasteiger partial charge in [0.2, 0.25) is 0 Å². The van der Waals surface area contributed by atoms with E-state index in [4.69, 9.17) is 4.98 Å². The molecule has 0 amide bonds. The molecular weight excluding hydrogens is 412 g/mol. The predicted molar refractivity (Wildman–Crippen MR) is 131 cm³/mol. The van der Waals surface area contributed by atoms with Crippen LogP contribution in [-0.2, 0) is 24.2 Å². The number of aliphatic carboxylic acids is 1. The van der Waals surface area contributed by atoms with Crippen LogP contribution >= 0.6 is 0 Å². The molecule has 3 heterocycles. The van der Waals surface area contributed by atoms with Crippen LogP contribution in [0.15, 0.2) is 30.7 Å². The summed E-state index contributed by atoms with van der Waals surface area (Å²) in [5, 5.41) is 9.33. The molecule has 2 aromatic rings. The lowest BCUT2D eigenvalue weighted by Crippen LogP contribution is -2.40. The topological polar surface area (TPSA) is 69.6 Å². The highest BCUT2D eigenvalue weighted by Gasteiger charge is 2.33. The predicted octanol–water partition coefficient (Wildman–Crippen LogP) is 4.88. The lowest BCUT2D eigenvalue weighted by atomic mass is 9.83. The summed E-state index contributed by atoms with van der Waals surface area (Å²) >= 11 is 0. The van der Waals surface area contributed by atoms with Crippen LogP contribution in [0, 0.1) is 11.8 Å². The summed E-state index contributed by atoms with van der Waals surface area (Å²) in [4.78, 5) is 25.4. The minimum absolute atomic E-state index is 0.210. The quantitative estimate of drug-likeness (QED) is 0.649. The van der Waals surface area contributed by atoms with Gasteiger partial charge < -0.3 is 10.0 Å². The molecule has 33 heavy (non-hydrogen) atoms. The van der Waals surface area contributed by atoms with E-state index in [2.05, 4.69) is 53.8 Å². The van der Waals surface area contributed by atoms with Crippen LogP contribution in [0.4, 0.5) is 5.82 Å². The van der Waals surface area contributed by atoms with Crippen LogP contribution in [-0.4, -0.2) is 45.6 Å². The van der Waals surface area contributed by atoms with E-state index < -0.39 is 5.97 Å². The Morgan fingerprint density at radius 2 is 1.76 bits per heavy atom. The van der Waals surface area contributed by atoms with E-state index in [0.29, 0.717) is 24.8 Å². The van der Waals surface area contributed by atoms with E-state index >= 15 is 0 Å². The van der Waals surface area contributed by atoms with Crippen LogP contribution in [0.2, 0.25) is 0 Å². The molecule has 0 spiro atoms. The van der Waals surface area contributed by atoms with Gasteiger partial charge in [-0.2, -0.15) is 0 Å². The van der Waals surface area contributed by atoms with Gasteiger partial charge in [-0.3, -0.25) is 9.69 Å². The number of hydrogen-bond donors (Lipinski definition) is 1. The molecule has 2 aliphatic heterocycles. The van der Waals surface area contributed by atoms with Gasteiger partial charge in [0.25, 0.3) is 0 Å². The number of carboxylic acids is 1. The normalized spacial score (nSPS) is 22.5. The van der Waals surface area contributed by atoms with E-state index in [-0.39, 0.29) is 5.92 Å². The van der Waals surface area contributed by atoms with Crippen molar-refractivity contribution in [1.82, 2.24) is 14.9 Å². The Hall–Kier alpha value is -2.47. The molecule has 1 N–H and O–H groups in total. The molecule has 4 rings (SSSR count). The number of benzene rings is 1. The lowest BCUT2D eigenvalue weighted by Gasteiger charge is -2.42. The van der Waals surface area contributed by atoms with E-state index in [1.54, 1.807) is 6.33 Å². The maximum absolute atomic E-state index is 11.3. The molecule has 2 aliphatic rings. The number of carbonyl (C=O) groups is 1. The minimum atomic E-state index is -0.662. The SMILES string of the molecule is CCc1cccc(CC)c1C1CC(C)CCN1c1ncncc1CN1CCC(C(=O)O)CC1. The second kappa shape index (κ2) is 10.6. The summed E-state index contributed by atoms with van der Waals surface area (Å²) in [6, 6.07) is 7.11. The van der Waals surface area contributed by atoms with Gasteiger partial charge in [0, 0.05) is 24.8 Å². The third-order valence-electron chi connectivity index (χ3n) is 7.61. The summed E-state index contributed by atoms with van der Waals surface area (Å²) in [6.45, 7) is 10.3. The zero-order valence-corrected chi connectivity index (χ0v) is 20.3. The molecular formula is C27H38N4O2. The van der Waals surface area contributed by atoms with E-state index in [9.17, 15) is 9.90 Å². The second-order valence-corrected chi connectivity index (χ2v) is 9.80. The number of rotatable bonds is 7. The lowest BCUT2D eigenvalue weighted by molar-refractivity contribution is -0.143. The highest BCUT2D eigenvalue weighted by atomic mass is 16.4. The van der Waals surface area contributed by atoms with Gasteiger partial charge >= 0.3 is 5.97 Å². The molecule has 2 saturated heterocycles. The summed E-state index contributed by atoms with van der Waals surface area (Å²) in [6.07, 6.45) is 9.45. The molecule has 0 bridgehead atoms. The van der Waals surface area contributed by atoms with Gasteiger partial charge in [-0.15, -0.1) is 0 Å². The summed E-state index contributed by atoms with van der Waals surface area (Å²) in [5.74, 6) is 0.861. The Morgan fingerprint density at radius 1 is 1.06 bits per heavy atom. The fourth-order valence-electron chi connectivity index (χ4n) is 5.68. The molecule has 0 aliphatic carbocycles. The van der Waals surface area contributed by atoms with Crippen molar-refractivity contribution in [3.8, 4) is 0 Å². The molecule has 2 fully saturated rings. The average Bonchev–Trinajstić information content (AvgIpc) is 2.84. The molecule has 2 atom stereocenters. The monoisotopic (exact) mass is 450 g/mol. The van der Waals surface area contributed by atoms with Crippen LogP contribution in [0.1, 0.15) is 74.8 Å². The number of hydrogen-bond acceptors (Lipinski definition) is 5. The number of nitrogens with zero attached hydrogens (tertiary/aromatic N) is 4. The van der Waals surface area contributed by atoms with Crippen molar-refractivity contribution < 1.29 is 9.90 Å². The van der Waals surface area contributed by atoms with E-state index in [1.807, 2.05) is 6.20 Å². The molecule has 6 nitrogen and oxygen atoms in total. The van der Waals surface area contributed by atoms with Crippen molar-refractivity contribution in [2.24, 2.45) is 11.8 Å². The smallest absolute Gasteiger partial charge is 0.306 e. The fourth-order valence-corrected chi connectivity index (χ4v) is 5.68. The van der Waals surface area contributed by atoms with E-state index in [0.717, 1.165) is 56.8 Å². The average molecular weight is 451 g/mol. The van der Waals surface area contributed by atoms with Crippen molar-refractivity contribution in [3.05, 3.63) is 53.0 Å². The number of anilines is 1. The van der Waals surface area contributed by atoms with Crippen LogP contribution in [0.3, 0.4) is 0 Å². The van der Waals surface area contributed by atoms with Gasteiger partial charge in [0.15, 0.2) is 0 Å². The first-order valence-electron chi connectivity index (χ1n) is 12.6. The molecule has 0 saturated carbocycles. The fraction of sp³-hybridized carbons (Fsp3) is 0.593. The largest absolute Gasteiger partial charge is 0.481 e.